The molecule has 0 spiro atoms. The van der Waals surface area contributed by atoms with Gasteiger partial charge in [-0.1, -0.05) is 27.7 Å². The summed E-state index contributed by atoms with van der Waals surface area (Å²) in [6.45, 7) is 10.6. The molecule has 0 amide bonds. The Labute approximate surface area is 176 Å². The zero-order chi connectivity index (χ0) is 21.5. The highest BCUT2D eigenvalue weighted by Crippen LogP contribution is 2.21. The van der Waals surface area contributed by atoms with Crippen LogP contribution in [0, 0.1) is 11.8 Å². The van der Waals surface area contributed by atoms with Gasteiger partial charge in [-0.15, -0.1) is 0 Å². The first-order chi connectivity index (χ1) is 14.5. The molecule has 4 heterocycles. The molecule has 2 aliphatic rings. The molecule has 2 aromatic rings. The Morgan fingerprint density at radius 2 is 1.73 bits per heavy atom. The van der Waals surface area contributed by atoms with E-state index in [9.17, 15) is 0 Å². The average molecular weight is 411 g/mol. The third-order valence-corrected chi connectivity index (χ3v) is 4.63. The molecule has 30 heavy (non-hydrogen) atoms. The van der Waals surface area contributed by atoms with Crippen LogP contribution in [-0.2, 0) is 6.54 Å². The van der Waals surface area contributed by atoms with Gasteiger partial charge in [0, 0.05) is 13.1 Å². The van der Waals surface area contributed by atoms with Crippen LogP contribution in [0.1, 0.15) is 40.5 Å². The summed E-state index contributed by atoms with van der Waals surface area (Å²) in [6, 6.07) is 0. The Balaban J connectivity index is 0.000000171. The summed E-state index contributed by atoms with van der Waals surface area (Å²) in [5.74, 6) is 3.44. The number of fused-ring (bicyclic) bond motifs is 2. The number of nitrogens with two attached hydrogens (primary N) is 1. The van der Waals surface area contributed by atoms with Crippen molar-refractivity contribution in [2.45, 2.75) is 47.1 Å². The van der Waals surface area contributed by atoms with Gasteiger partial charge in [-0.2, -0.15) is 0 Å². The number of H-pyrrole nitrogens is 1. The molecule has 4 N–H and O–H groups in total. The third kappa shape index (κ3) is 5.40. The molecule has 0 unspecified atom stereocenters. The second kappa shape index (κ2) is 9.95. The van der Waals surface area contributed by atoms with Crippen LogP contribution in [0.3, 0.4) is 0 Å². The Kier molecular flexibility index (Phi) is 7.10. The number of rotatable bonds is 7. The van der Waals surface area contributed by atoms with E-state index < -0.39 is 0 Å². The van der Waals surface area contributed by atoms with E-state index in [1.807, 2.05) is 4.57 Å². The van der Waals surface area contributed by atoms with E-state index in [2.05, 4.69) is 67.9 Å². The maximum absolute atomic E-state index is 5.97. The minimum absolute atomic E-state index is 0.619. The van der Waals surface area contributed by atoms with Gasteiger partial charge < -0.3 is 20.6 Å². The van der Waals surface area contributed by atoms with Crippen molar-refractivity contribution in [3.8, 4) is 11.5 Å². The van der Waals surface area contributed by atoms with E-state index in [0.29, 0.717) is 34.8 Å². The zero-order valence-electron chi connectivity index (χ0n) is 18.0. The van der Waals surface area contributed by atoms with E-state index in [1.165, 1.54) is 12.7 Å². The molecule has 0 bridgehead atoms. The molecule has 0 saturated carbocycles. The molecule has 10 nitrogen and oxygen atoms in total. The fourth-order valence-electron chi connectivity index (χ4n) is 2.81. The Morgan fingerprint density at radius 1 is 0.967 bits per heavy atom. The summed E-state index contributed by atoms with van der Waals surface area (Å²) < 4.78 is 1.93. The Morgan fingerprint density at radius 3 is 2.50 bits per heavy atom. The highest BCUT2D eigenvalue weighted by molar-refractivity contribution is 5.81. The van der Waals surface area contributed by atoms with Crippen LogP contribution in [0.5, 0.6) is 0 Å². The fraction of sp³-hybridized carbons (Fsp3) is 0.500. The lowest BCUT2D eigenvalue weighted by atomic mass is 10.1. The molecule has 0 aromatic carbocycles. The van der Waals surface area contributed by atoms with Gasteiger partial charge in [0.2, 0.25) is 0 Å². The van der Waals surface area contributed by atoms with Crippen LogP contribution in [0.2, 0.25) is 0 Å². The predicted octanol–water partition coefficient (Wildman–Crippen LogP) is 3.22. The molecule has 0 radical (unpaired) electrons. The average Bonchev–Trinajstić information content (AvgIpc) is 3.37. The molecule has 160 valence electrons. The summed E-state index contributed by atoms with van der Waals surface area (Å²) >= 11 is 0. The molecular weight excluding hydrogens is 380 g/mol. The van der Waals surface area contributed by atoms with E-state index >= 15 is 0 Å². The van der Waals surface area contributed by atoms with E-state index in [0.717, 1.165) is 37.3 Å². The van der Waals surface area contributed by atoms with Crippen LogP contribution < -0.4 is 11.1 Å². The minimum Gasteiger partial charge on any atom is -0.383 e. The van der Waals surface area contributed by atoms with Gasteiger partial charge in [-0.3, -0.25) is 0 Å². The maximum atomic E-state index is 5.97. The number of hydrogen-bond acceptors (Lipinski definition) is 8. The summed E-state index contributed by atoms with van der Waals surface area (Å²) in [6.07, 6.45) is 8.58. The molecule has 0 fully saturated rings. The summed E-state index contributed by atoms with van der Waals surface area (Å²) in [5.41, 5.74) is 8.25. The molecule has 2 aromatic heterocycles. The highest BCUT2D eigenvalue weighted by atomic mass is 15.1. The summed E-state index contributed by atoms with van der Waals surface area (Å²) in [7, 11) is 0. The van der Waals surface area contributed by atoms with Gasteiger partial charge in [0.1, 0.15) is 29.7 Å². The van der Waals surface area contributed by atoms with Gasteiger partial charge in [0.05, 0.1) is 12.7 Å². The van der Waals surface area contributed by atoms with E-state index in [4.69, 9.17) is 5.73 Å². The second-order valence-electron chi connectivity index (χ2n) is 7.98. The van der Waals surface area contributed by atoms with Gasteiger partial charge in [-0.25, -0.2) is 29.9 Å². The first kappa shape index (κ1) is 21.4. The molecule has 0 saturated heterocycles. The standard InChI is InChI=1S/2C10H15N5/c1-7(2)3-4-15-6-14-10-8(9(15)11)12-5-13-10;1-7(2)3-4-11-9-8-10(13-5-12-8)15-6-14-9/h5-7H,3-4,11H2,1-2H3;5-7H,3-4H2,1-2H3,(H2,11,12,13,14,15). The first-order valence-electron chi connectivity index (χ1n) is 10.2. The molecule has 0 aliphatic carbocycles. The lowest BCUT2D eigenvalue weighted by Gasteiger charge is -2.12. The van der Waals surface area contributed by atoms with Crippen molar-refractivity contribution in [2.24, 2.45) is 11.8 Å². The van der Waals surface area contributed by atoms with Gasteiger partial charge >= 0.3 is 0 Å². The number of nitrogens with zero attached hydrogens (tertiary/aromatic N) is 7. The molecular formula is C20H30N10. The predicted molar refractivity (Wildman–Crippen MR) is 118 cm³/mol. The van der Waals surface area contributed by atoms with Crippen LogP contribution >= 0.6 is 0 Å². The summed E-state index contributed by atoms with van der Waals surface area (Å²) in [5, 5.41) is 3.28. The molecule has 2 aliphatic heterocycles. The smallest absolute Gasteiger partial charge is 0.184 e. The number of aromatic nitrogens is 8. The lowest BCUT2D eigenvalue weighted by molar-refractivity contribution is 0.515. The Hall–Kier alpha value is -3.30. The number of aryl methyl sites for hydroxylation is 1. The monoisotopic (exact) mass is 410 g/mol. The summed E-state index contributed by atoms with van der Waals surface area (Å²) in [4.78, 5) is 27.6. The first-order valence-corrected chi connectivity index (χ1v) is 10.2. The van der Waals surface area contributed by atoms with Crippen LogP contribution in [0.4, 0.5) is 11.6 Å². The van der Waals surface area contributed by atoms with Gasteiger partial charge in [0.25, 0.3) is 0 Å². The molecule has 10 heteroatoms. The fourth-order valence-corrected chi connectivity index (χ4v) is 2.81. The number of nitrogens with one attached hydrogen (secondary N) is 2. The lowest BCUT2D eigenvalue weighted by Crippen LogP contribution is -2.11. The van der Waals surface area contributed by atoms with Crippen molar-refractivity contribution in [3.05, 3.63) is 25.3 Å². The quantitative estimate of drug-likeness (QED) is 0.422. The highest BCUT2D eigenvalue weighted by Gasteiger charge is 2.13. The largest absolute Gasteiger partial charge is 0.383 e. The van der Waals surface area contributed by atoms with Crippen molar-refractivity contribution >= 4 is 22.8 Å². The minimum atomic E-state index is 0.619. The van der Waals surface area contributed by atoms with Crippen LogP contribution in [0.15, 0.2) is 25.3 Å². The van der Waals surface area contributed by atoms with Crippen LogP contribution in [-0.4, -0.2) is 46.0 Å². The van der Waals surface area contributed by atoms with Crippen molar-refractivity contribution in [1.29, 1.82) is 0 Å². The zero-order valence-corrected chi connectivity index (χ0v) is 18.0. The normalized spacial score (nSPS) is 11.3. The van der Waals surface area contributed by atoms with E-state index in [-0.39, 0.29) is 0 Å². The van der Waals surface area contributed by atoms with Crippen molar-refractivity contribution in [1.82, 2.24) is 39.5 Å². The molecule has 4 rings (SSSR count). The van der Waals surface area contributed by atoms with Crippen molar-refractivity contribution in [2.75, 3.05) is 17.6 Å². The topological polar surface area (TPSA) is 136 Å². The number of aromatic amines is 1. The number of nitrogen functional groups attached to an aromatic ring is 1. The third-order valence-electron chi connectivity index (χ3n) is 4.63. The van der Waals surface area contributed by atoms with Crippen molar-refractivity contribution < 1.29 is 0 Å². The van der Waals surface area contributed by atoms with Crippen molar-refractivity contribution in [3.63, 3.8) is 0 Å². The van der Waals surface area contributed by atoms with Gasteiger partial charge in [0.15, 0.2) is 17.3 Å². The number of imidazole rings is 2. The molecule has 0 atom stereocenters. The number of anilines is 2. The number of hydrogen-bond donors (Lipinski definition) is 3. The Bertz CT molecular complexity index is 1020. The van der Waals surface area contributed by atoms with E-state index in [1.54, 1.807) is 12.7 Å². The van der Waals surface area contributed by atoms with Gasteiger partial charge in [-0.05, 0) is 24.7 Å². The SMILES string of the molecule is CC(C)CCNc1ncnc2nc[nH]c12.CC(C)CCn1cnc2ncnc-2c1N. The second-order valence-corrected chi connectivity index (χ2v) is 7.98. The maximum Gasteiger partial charge on any atom is 0.184 e. The van der Waals surface area contributed by atoms with Crippen LogP contribution in [0.25, 0.3) is 22.7 Å².